The highest BCUT2D eigenvalue weighted by Gasteiger charge is 2.10. The fraction of sp³-hybridized carbons (Fsp3) is 0.235. The van der Waals surface area contributed by atoms with E-state index in [1.54, 1.807) is 23.0 Å². The molecule has 0 radical (unpaired) electrons. The second-order valence-electron chi connectivity index (χ2n) is 5.49. The predicted octanol–water partition coefficient (Wildman–Crippen LogP) is 3.93. The summed E-state index contributed by atoms with van der Waals surface area (Å²) in [6.07, 6.45) is 2.51. The van der Waals surface area contributed by atoms with Crippen molar-refractivity contribution >= 4 is 18.4 Å². The Kier molecular flexibility index (Phi) is 4.44. The van der Waals surface area contributed by atoms with Crippen LogP contribution in [0, 0.1) is 24.4 Å². The Hall–Kier alpha value is -2.54. The van der Waals surface area contributed by atoms with Crippen LogP contribution in [0.2, 0.25) is 0 Å². The minimum atomic E-state index is -0.246. The zero-order chi connectivity index (χ0) is 17.3. The molecule has 0 unspecified atom stereocenters. The van der Waals surface area contributed by atoms with Crippen LogP contribution in [-0.4, -0.2) is 25.7 Å². The van der Waals surface area contributed by atoms with Crippen LogP contribution < -0.4 is 0 Å². The van der Waals surface area contributed by atoms with Crippen molar-refractivity contribution in [3.63, 3.8) is 0 Å². The molecule has 0 spiro atoms. The van der Waals surface area contributed by atoms with Gasteiger partial charge in [-0.3, -0.25) is 5.10 Å². The molecule has 0 saturated carbocycles. The van der Waals surface area contributed by atoms with E-state index in [0.29, 0.717) is 4.77 Å². The SMILES string of the molecule is CCc1n[nH]c(=S)n1/N=C\c1cc(C)n(-c2ccc(F)cc2)c1C. The number of H-pyrrole nitrogens is 1. The fourth-order valence-corrected chi connectivity index (χ4v) is 2.90. The lowest BCUT2D eigenvalue weighted by molar-refractivity contribution is 0.627. The molecule has 7 heteroatoms. The number of nitrogens with zero attached hydrogens (tertiary/aromatic N) is 4. The molecule has 0 aliphatic carbocycles. The standard InChI is InChI=1S/C17H18FN5S/c1-4-16-20-21-17(24)23(16)19-10-13-9-11(2)22(12(13)3)15-7-5-14(18)6-8-15/h5-10H,4H2,1-3H3,(H,21,24)/b19-10-. The Morgan fingerprint density at radius 2 is 2.00 bits per heavy atom. The van der Waals surface area contributed by atoms with Crippen molar-refractivity contribution in [2.75, 3.05) is 0 Å². The number of benzene rings is 1. The van der Waals surface area contributed by atoms with E-state index in [9.17, 15) is 4.39 Å². The van der Waals surface area contributed by atoms with E-state index in [2.05, 4.69) is 19.9 Å². The normalized spacial score (nSPS) is 11.5. The van der Waals surface area contributed by atoms with Crippen LogP contribution in [0.4, 0.5) is 4.39 Å². The van der Waals surface area contributed by atoms with Gasteiger partial charge in [0, 0.05) is 29.1 Å². The second kappa shape index (κ2) is 6.52. The molecule has 0 saturated heterocycles. The second-order valence-corrected chi connectivity index (χ2v) is 5.88. The third-order valence-electron chi connectivity index (χ3n) is 3.90. The van der Waals surface area contributed by atoms with E-state index in [4.69, 9.17) is 12.2 Å². The number of hydrogen-bond donors (Lipinski definition) is 1. The lowest BCUT2D eigenvalue weighted by atomic mass is 10.2. The van der Waals surface area contributed by atoms with Gasteiger partial charge in [0.05, 0.1) is 6.21 Å². The van der Waals surface area contributed by atoms with Crippen molar-refractivity contribution < 1.29 is 4.39 Å². The molecule has 3 aromatic rings. The molecule has 2 heterocycles. The summed E-state index contributed by atoms with van der Waals surface area (Å²) in [4.78, 5) is 0. The Morgan fingerprint density at radius 1 is 1.29 bits per heavy atom. The highest BCUT2D eigenvalue weighted by Crippen LogP contribution is 2.20. The number of aryl methyl sites for hydroxylation is 2. The van der Waals surface area contributed by atoms with E-state index in [1.165, 1.54) is 12.1 Å². The van der Waals surface area contributed by atoms with Crippen molar-refractivity contribution in [3.05, 3.63) is 63.7 Å². The third-order valence-corrected chi connectivity index (χ3v) is 4.17. The molecule has 2 aromatic heterocycles. The largest absolute Gasteiger partial charge is 0.318 e. The topological polar surface area (TPSA) is 50.9 Å². The van der Waals surface area contributed by atoms with Gasteiger partial charge >= 0.3 is 0 Å². The molecule has 124 valence electrons. The maximum atomic E-state index is 13.1. The molecule has 5 nitrogen and oxygen atoms in total. The first-order chi connectivity index (χ1) is 11.5. The van der Waals surface area contributed by atoms with E-state index < -0.39 is 0 Å². The van der Waals surface area contributed by atoms with Crippen LogP contribution in [0.5, 0.6) is 0 Å². The molecule has 0 bridgehead atoms. The van der Waals surface area contributed by atoms with Gasteiger partial charge in [-0.1, -0.05) is 6.92 Å². The molecule has 0 fully saturated rings. The van der Waals surface area contributed by atoms with Gasteiger partial charge in [-0.2, -0.15) is 14.9 Å². The number of nitrogens with one attached hydrogen (secondary N) is 1. The minimum Gasteiger partial charge on any atom is -0.318 e. The minimum absolute atomic E-state index is 0.246. The lowest BCUT2D eigenvalue weighted by Gasteiger charge is -2.09. The molecule has 0 aliphatic heterocycles. The van der Waals surface area contributed by atoms with Gasteiger partial charge in [-0.15, -0.1) is 0 Å². The summed E-state index contributed by atoms with van der Waals surface area (Å²) in [6.45, 7) is 6.01. The Labute approximate surface area is 144 Å². The highest BCUT2D eigenvalue weighted by molar-refractivity contribution is 7.71. The Balaban J connectivity index is 2.00. The zero-order valence-corrected chi connectivity index (χ0v) is 14.6. The molecular weight excluding hydrogens is 325 g/mol. The first kappa shape index (κ1) is 16.3. The number of aromatic nitrogens is 4. The molecule has 0 amide bonds. The van der Waals surface area contributed by atoms with Crippen LogP contribution >= 0.6 is 12.2 Å². The molecule has 1 aromatic carbocycles. The lowest BCUT2D eigenvalue weighted by Crippen LogP contribution is -2.00. The first-order valence-corrected chi connectivity index (χ1v) is 8.07. The number of halogens is 1. The monoisotopic (exact) mass is 343 g/mol. The van der Waals surface area contributed by atoms with Crippen LogP contribution in [0.15, 0.2) is 35.4 Å². The van der Waals surface area contributed by atoms with Crippen molar-refractivity contribution in [2.45, 2.75) is 27.2 Å². The summed E-state index contributed by atoms with van der Waals surface area (Å²) in [7, 11) is 0. The van der Waals surface area contributed by atoms with Crippen molar-refractivity contribution in [1.82, 2.24) is 19.4 Å². The zero-order valence-electron chi connectivity index (χ0n) is 13.7. The summed E-state index contributed by atoms with van der Waals surface area (Å²) >= 11 is 5.20. The smallest absolute Gasteiger partial charge is 0.216 e. The molecular formula is C17H18FN5S. The molecule has 3 rings (SSSR count). The maximum Gasteiger partial charge on any atom is 0.216 e. The van der Waals surface area contributed by atoms with Gasteiger partial charge in [0.15, 0.2) is 5.82 Å². The van der Waals surface area contributed by atoms with Crippen molar-refractivity contribution in [2.24, 2.45) is 5.10 Å². The summed E-state index contributed by atoms with van der Waals surface area (Å²) in [5.41, 5.74) is 3.96. The van der Waals surface area contributed by atoms with Crippen LogP contribution in [-0.2, 0) is 6.42 Å². The van der Waals surface area contributed by atoms with Crippen LogP contribution in [0.1, 0.15) is 29.7 Å². The number of aromatic amines is 1. The van der Waals surface area contributed by atoms with Gasteiger partial charge in [-0.05, 0) is 56.4 Å². The summed E-state index contributed by atoms with van der Waals surface area (Å²) in [5.74, 6) is 0.535. The van der Waals surface area contributed by atoms with Gasteiger partial charge < -0.3 is 4.57 Å². The molecule has 1 N–H and O–H groups in total. The average molecular weight is 343 g/mol. The van der Waals surface area contributed by atoms with Gasteiger partial charge in [-0.25, -0.2) is 4.39 Å². The maximum absolute atomic E-state index is 13.1. The van der Waals surface area contributed by atoms with Crippen LogP contribution in [0.3, 0.4) is 0 Å². The number of rotatable bonds is 4. The molecule has 0 aliphatic rings. The number of hydrogen-bond acceptors (Lipinski definition) is 3. The van der Waals surface area contributed by atoms with Gasteiger partial charge in [0.25, 0.3) is 0 Å². The van der Waals surface area contributed by atoms with Crippen molar-refractivity contribution in [3.8, 4) is 5.69 Å². The van der Waals surface area contributed by atoms with Gasteiger partial charge in [0.1, 0.15) is 5.82 Å². The summed E-state index contributed by atoms with van der Waals surface area (Å²) in [6, 6.07) is 8.48. The summed E-state index contributed by atoms with van der Waals surface area (Å²) in [5, 5.41) is 11.3. The molecule has 24 heavy (non-hydrogen) atoms. The first-order valence-electron chi connectivity index (χ1n) is 7.66. The Morgan fingerprint density at radius 3 is 2.67 bits per heavy atom. The highest BCUT2D eigenvalue weighted by atomic mass is 32.1. The van der Waals surface area contributed by atoms with Crippen molar-refractivity contribution in [1.29, 1.82) is 0 Å². The van der Waals surface area contributed by atoms with E-state index in [0.717, 1.165) is 34.9 Å². The molecule has 0 atom stereocenters. The predicted molar refractivity (Wildman–Crippen MR) is 95.0 cm³/mol. The Bertz CT molecular complexity index is 947. The van der Waals surface area contributed by atoms with Gasteiger partial charge in [0.2, 0.25) is 4.77 Å². The van der Waals surface area contributed by atoms with E-state index in [1.807, 2.05) is 26.8 Å². The fourth-order valence-electron chi connectivity index (χ4n) is 2.70. The quantitative estimate of drug-likeness (QED) is 0.576. The summed E-state index contributed by atoms with van der Waals surface area (Å²) < 4.78 is 17.3. The third kappa shape index (κ3) is 2.94. The van der Waals surface area contributed by atoms with E-state index >= 15 is 0 Å². The average Bonchev–Trinajstić information content (AvgIpc) is 3.06. The van der Waals surface area contributed by atoms with Crippen LogP contribution in [0.25, 0.3) is 5.69 Å². The van der Waals surface area contributed by atoms with E-state index in [-0.39, 0.29) is 5.82 Å².